The van der Waals surface area contributed by atoms with Gasteiger partial charge in [0.15, 0.2) is 5.75 Å². The van der Waals surface area contributed by atoms with Gasteiger partial charge in [-0.1, -0.05) is 24.3 Å². The van der Waals surface area contributed by atoms with Gasteiger partial charge in [0.2, 0.25) is 0 Å². The fraction of sp³-hybridized carbons (Fsp3) is 0.259. The Morgan fingerprint density at radius 1 is 1.03 bits per heavy atom. The van der Waals surface area contributed by atoms with Crippen molar-refractivity contribution in [3.8, 4) is 17.2 Å². The van der Waals surface area contributed by atoms with Crippen LogP contribution in [0.4, 0.5) is 18.9 Å². The van der Waals surface area contributed by atoms with E-state index in [-0.39, 0.29) is 18.2 Å². The van der Waals surface area contributed by atoms with Gasteiger partial charge >= 0.3 is 6.18 Å². The highest BCUT2D eigenvalue weighted by atomic mass is 19.4. The molecule has 2 aliphatic rings. The van der Waals surface area contributed by atoms with E-state index in [1.807, 2.05) is 48.2 Å². The Hall–Kier alpha value is -4.01. The molecular formula is C27H24F3N3O3. The Kier molecular flexibility index (Phi) is 6.07. The molecule has 1 atom stereocenters. The van der Waals surface area contributed by atoms with Crippen molar-refractivity contribution in [2.24, 2.45) is 4.99 Å². The number of aliphatic imine (C=N–C) groups is 1. The summed E-state index contributed by atoms with van der Waals surface area (Å²) >= 11 is 0. The average molecular weight is 496 g/mol. The molecule has 0 unspecified atom stereocenters. The second-order valence-corrected chi connectivity index (χ2v) is 8.70. The van der Waals surface area contributed by atoms with Crippen molar-refractivity contribution in [3.05, 3.63) is 83.4 Å². The first-order chi connectivity index (χ1) is 17.3. The molecule has 0 aromatic heterocycles. The summed E-state index contributed by atoms with van der Waals surface area (Å²) in [6.07, 6.45) is -4.61. The lowest BCUT2D eigenvalue weighted by Gasteiger charge is -2.41. The number of ether oxygens (including phenoxy) is 2. The Labute approximate surface area is 206 Å². The standard InChI is InChI=1S/C27H24F3N3O3/c1-17-16-32(13-14-33(17)26(34)19-7-3-4-8-21(19)27(28,29)30)25-20-12-11-18(35-2)15-24(20)36-23-10-6-5-9-22(23)31-25/h3-12,15,17H,13-14,16H2,1-2H3/t17-/m0/s1. The smallest absolute Gasteiger partial charge is 0.417 e. The van der Waals surface area contributed by atoms with Crippen molar-refractivity contribution in [1.82, 2.24) is 9.80 Å². The van der Waals surface area contributed by atoms with Gasteiger partial charge in [0.25, 0.3) is 5.91 Å². The van der Waals surface area contributed by atoms with E-state index in [0.717, 1.165) is 11.6 Å². The molecule has 2 aliphatic heterocycles. The van der Waals surface area contributed by atoms with Gasteiger partial charge in [-0.15, -0.1) is 0 Å². The number of amides is 1. The van der Waals surface area contributed by atoms with E-state index in [0.29, 0.717) is 41.9 Å². The highest BCUT2D eigenvalue weighted by molar-refractivity contribution is 6.04. The minimum absolute atomic E-state index is 0.249. The molecule has 1 saturated heterocycles. The van der Waals surface area contributed by atoms with E-state index in [4.69, 9.17) is 14.5 Å². The molecule has 0 radical (unpaired) electrons. The van der Waals surface area contributed by atoms with E-state index in [1.54, 1.807) is 13.2 Å². The van der Waals surface area contributed by atoms with Crippen molar-refractivity contribution in [3.63, 3.8) is 0 Å². The van der Waals surface area contributed by atoms with E-state index in [1.165, 1.54) is 23.1 Å². The molecule has 1 fully saturated rings. The van der Waals surface area contributed by atoms with Gasteiger partial charge < -0.3 is 19.3 Å². The van der Waals surface area contributed by atoms with Crippen molar-refractivity contribution in [2.45, 2.75) is 19.1 Å². The molecular weight excluding hydrogens is 471 g/mol. The molecule has 1 amide bonds. The van der Waals surface area contributed by atoms with Crippen LogP contribution in [0.2, 0.25) is 0 Å². The van der Waals surface area contributed by atoms with Crippen LogP contribution in [0.3, 0.4) is 0 Å². The molecule has 0 bridgehead atoms. The number of amidine groups is 1. The zero-order valence-corrected chi connectivity index (χ0v) is 19.7. The molecule has 9 heteroatoms. The number of carbonyl (C=O) groups excluding carboxylic acids is 1. The molecule has 186 valence electrons. The van der Waals surface area contributed by atoms with Crippen LogP contribution in [0.5, 0.6) is 17.2 Å². The lowest BCUT2D eigenvalue weighted by molar-refractivity contribution is -0.138. The second-order valence-electron chi connectivity index (χ2n) is 8.70. The van der Waals surface area contributed by atoms with Crippen molar-refractivity contribution >= 4 is 17.4 Å². The first kappa shape index (κ1) is 23.7. The first-order valence-corrected chi connectivity index (χ1v) is 11.5. The van der Waals surface area contributed by atoms with Crippen molar-refractivity contribution < 1.29 is 27.4 Å². The third-order valence-corrected chi connectivity index (χ3v) is 6.39. The Bertz CT molecular complexity index is 1340. The highest BCUT2D eigenvalue weighted by Crippen LogP contribution is 2.40. The number of benzene rings is 3. The van der Waals surface area contributed by atoms with Crippen LogP contribution in [0, 0.1) is 0 Å². The number of para-hydroxylation sites is 2. The zero-order chi connectivity index (χ0) is 25.4. The Morgan fingerprint density at radius 2 is 1.78 bits per heavy atom. The fourth-order valence-corrected chi connectivity index (χ4v) is 4.59. The third-order valence-electron chi connectivity index (χ3n) is 6.39. The Balaban J connectivity index is 1.45. The maximum Gasteiger partial charge on any atom is 0.417 e. The summed E-state index contributed by atoms with van der Waals surface area (Å²) in [5, 5.41) is 0. The van der Waals surface area contributed by atoms with Gasteiger partial charge in [-0.2, -0.15) is 13.2 Å². The normalized spacial score (nSPS) is 17.4. The van der Waals surface area contributed by atoms with Crippen LogP contribution >= 0.6 is 0 Å². The van der Waals surface area contributed by atoms with Crippen LogP contribution in [0.25, 0.3) is 0 Å². The molecule has 36 heavy (non-hydrogen) atoms. The van der Waals surface area contributed by atoms with Crippen LogP contribution in [0.1, 0.15) is 28.4 Å². The van der Waals surface area contributed by atoms with Gasteiger partial charge in [-0.05, 0) is 43.3 Å². The number of piperazine rings is 1. The number of alkyl halides is 3. The quantitative estimate of drug-likeness (QED) is 0.455. The SMILES string of the molecule is COc1ccc2c(c1)Oc1ccccc1N=C2N1CCN(C(=O)c2ccccc2C(F)(F)F)[C@@H](C)C1. The van der Waals surface area contributed by atoms with E-state index in [9.17, 15) is 18.0 Å². The molecule has 2 heterocycles. The predicted octanol–water partition coefficient (Wildman–Crippen LogP) is 5.74. The van der Waals surface area contributed by atoms with E-state index < -0.39 is 17.6 Å². The van der Waals surface area contributed by atoms with E-state index in [2.05, 4.69) is 0 Å². The summed E-state index contributed by atoms with van der Waals surface area (Å²) in [6, 6.07) is 17.5. The van der Waals surface area contributed by atoms with Crippen LogP contribution in [0.15, 0.2) is 71.7 Å². The topological polar surface area (TPSA) is 54.4 Å². The number of rotatable bonds is 2. The molecule has 3 aromatic carbocycles. The highest BCUT2D eigenvalue weighted by Gasteiger charge is 2.38. The summed E-state index contributed by atoms with van der Waals surface area (Å²) < 4.78 is 52.1. The minimum atomic E-state index is -4.61. The van der Waals surface area contributed by atoms with Gasteiger partial charge in [0, 0.05) is 31.7 Å². The predicted molar refractivity (Wildman–Crippen MR) is 129 cm³/mol. The number of halogens is 3. The summed E-state index contributed by atoms with van der Waals surface area (Å²) in [6.45, 7) is 2.87. The number of fused-ring (bicyclic) bond motifs is 2. The molecule has 0 N–H and O–H groups in total. The third kappa shape index (κ3) is 4.36. The lowest BCUT2D eigenvalue weighted by Crippen LogP contribution is -2.55. The maximum atomic E-state index is 13.5. The maximum absolute atomic E-state index is 13.5. The molecule has 0 saturated carbocycles. The monoisotopic (exact) mass is 495 g/mol. The Morgan fingerprint density at radius 3 is 2.53 bits per heavy atom. The summed E-state index contributed by atoms with van der Waals surface area (Å²) in [5.41, 5.74) is 0.167. The van der Waals surface area contributed by atoms with Crippen LogP contribution in [-0.4, -0.2) is 54.3 Å². The second kappa shape index (κ2) is 9.22. The number of nitrogens with zero attached hydrogens (tertiary/aromatic N) is 3. The van der Waals surface area contributed by atoms with Crippen molar-refractivity contribution in [2.75, 3.05) is 26.7 Å². The van der Waals surface area contributed by atoms with Gasteiger partial charge in [-0.3, -0.25) is 4.79 Å². The van der Waals surface area contributed by atoms with Gasteiger partial charge in [0.1, 0.15) is 23.0 Å². The first-order valence-electron chi connectivity index (χ1n) is 11.5. The zero-order valence-electron chi connectivity index (χ0n) is 19.7. The van der Waals surface area contributed by atoms with Gasteiger partial charge in [-0.25, -0.2) is 4.99 Å². The molecule has 5 rings (SSSR count). The summed E-state index contributed by atoms with van der Waals surface area (Å²) in [5.74, 6) is 1.87. The van der Waals surface area contributed by atoms with Gasteiger partial charge in [0.05, 0.1) is 23.8 Å². The number of hydrogen-bond donors (Lipinski definition) is 0. The summed E-state index contributed by atoms with van der Waals surface area (Å²) in [7, 11) is 1.58. The largest absolute Gasteiger partial charge is 0.497 e. The van der Waals surface area contributed by atoms with Crippen molar-refractivity contribution in [1.29, 1.82) is 0 Å². The minimum Gasteiger partial charge on any atom is -0.497 e. The van der Waals surface area contributed by atoms with Crippen LogP contribution in [-0.2, 0) is 6.18 Å². The van der Waals surface area contributed by atoms with E-state index >= 15 is 0 Å². The fourth-order valence-electron chi connectivity index (χ4n) is 4.59. The summed E-state index contributed by atoms with van der Waals surface area (Å²) in [4.78, 5) is 21.6. The molecule has 6 nitrogen and oxygen atoms in total. The average Bonchev–Trinajstić information content (AvgIpc) is 3.04. The number of methoxy groups -OCH3 is 1. The molecule has 0 spiro atoms. The number of carbonyl (C=O) groups is 1. The van der Waals surface area contributed by atoms with Crippen LogP contribution < -0.4 is 9.47 Å². The molecule has 3 aromatic rings. The lowest BCUT2D eigenvalue weighted by atomic mass is 10.0. The molecule has 0 aliphatic carbocycles. The number of hydrogen-bond acceptors (Lipinski definition) is 5.